The van der Waals surface area contributed by atoms with Gasteiger partial charge in [0, 0.05) is 18.9 Å². The summed E-state index contributed by atoms with van der Waals surface area (Å²) in [5.74, 6) is -0.213. The molecule has 0 N–H and O–H groups in total. The van der Waals surface area contributed by atoms with Crippen molar-refractivity contribution in [2.45, 2.75) is 6.54 Å². The fraction of sp³-hybridized carbons (Fsp3) is 0.154. The van der Waals surface area contributed by atoms with E-state index in [0.717, 1.165) is 11.4 Å². The molecular formula is C13H13FN2. The molecule has 16 heavy (non-hydrogen) atoms. The van der Waals surface area contributed by atoms with E-state index in [1.165, 1.54) is 12.1 Å². The van der Waals surface area contributed by atoms with Crippen molar-refractivity contribution in [1.82, 2.24) is 4.98 Å². The van der Waals surface area contributed by atoms with Gasteiger partial charge in [0.15, 0.2) is 0 Å². The Kier molecular flexibility index (Phi) is 3.15. The average molecular weight is 216 g/mol. The molecule has 0 saturated heterocycles. The Morgan fingerprint density at radius 2 is 1.88 bits per heavy atom. The molecule has 0 amide bonds. The number of pyridine rings is 1. The summed E-state index contributed by atoms with van der Waals surface area (Å²) in [4.78, 5) is 6.28. The van der Waals surface area contributed by atoms with Crippen molar-refractivity contribution in [2.75, 3.05) is 11.9 Å². The Bertz CT molecular complexity index is 439. The number of hydrogen-bond donors (Lipinski definition) is 0. The number of rotatable bonds is 3. The lowest BCUT2D eigenvalue weighted by Gasteiger charge is -2.18. The van der Waals surface area contributed by atoms with Gasteiger partial charge in [0.25, 0.3) is 0 Å². The minimum absolute atomic E-state index is 0.213. The Hall–Kier alpha value is -1.90. The molecule has 0 aliphatic heterocycles. The van der Waals surface area contributed by atoms with Gasteiger partial charge in [-0.15, -0.1) is 0 Å². The Labute approximate surface area is 94.4 Å². The second-order valence-corrected chi connectivity index (χ2v) is 3.65. The number of benzene rings is 1. The van der Waals surface area contributed by atoms with Crippen molar-refractivity contribution in [2.24, 2.45) is 0 Å². The van der Waals surface area contributed by atoms with Gasteiger partial charge in [-0.2, -0.15) is 0 Å². The zero-order chi connectivity index (χ0) is 11.4. The van der Waals surface area contributed by atoms with Crippen LogP contribution in [0.5, 0.6) is 0 Å². The van der Waals surface area contributed by atoms with E-state index in [9.17, 15) is 4.39 Å². The number of aromatic nitrogens is 1. The maximum Gasteiger partial charge on any atom is 0.123 e. The van der Waals surface area contributed by atoms with Crippen LogP contribution in [0.1, 0.15) is 5.69 Å². The van der Waals surface area contributed by atoms with Gasteiger partial charge in [0.2, 0.25) is 0 Å². The molecule has 3 heteroatoms. The van der Waals surface area contributed by atoms with Gasteiger partial charge in [-0.05, 0) is 36.4 Å². The molecule has 0 saturated carbocycles. The van der Waals surface area contributed by atoms with Gasteiger partial charge >= 0.3 is 0 Å². The number of halogens is 1. The quantitative estimate of drug-likeness (QED) is 0.784. The fourth-order valence-corrected chi connectivity index (χ4v) is 1.52. The van der Waals surface area contributed by atoms with Crippen LogP contribution in [0.4, 0.5) is 10.1 Å². The molecule has 1 aromatic heterocycles. The molecular weight excluding hydrogens is 203 g/mol. The first kappa shape index (κ1) is 10.6. The number of anilines is 1. The monoisotopic (exact) mass is 216 g/mol. The molecule has 0 bridgehead atoms. The summed E-state index contributed by atoms with van der Waals surface area (Å²) in [5.41, 5.74) is 1.97. The van der Waals surface area contributed by atoms with E-state index in [1.54, 1.807) is 18.3 Å². The van der Waals surface area contributed by atoms with E-state index < -0.39 is 0 Å². The van der Waals surface area contributed by atoms with E-state index in [4.69, 9.17) is 0 Å². The fourth-order valence-electron chi connectivity index (χ4n) is 1.52. The zero-order valence-electron chi connectivity index (χ0n) is 9.10. The maximum atomic E-state index is 12.7. The summed E-state index contributed by atoms with van der Waals surface area (Å²) in [5, 5.41) is 0. The molecule has 0 unspecified atom stereocenters. The third-order valence-corrected chi connectivity index (χ3v) is 2.39. The average Bonchev–Trinajstić information content (AvgIpc) is 2.31. The van der Waals surface area contributed by atoms with Gasteiger partial charge < -0.3 is 4.90 Å². The van der Waals surface area contributed by atoms with Gasteiger partial charge in [-0.25, -0.2) is 4.39 Å². The first-order valence-electron chi connectivity index (χ1n) is 5.12. The molecule has 2 rings (SSSR count). The van der Waals surface area contributed by atoms with E-state index in [0.29, 0.717) is 6.54 Å². The van der Waals surface area contributed by atoms with Crippen LogP contribution >= 0.6 is 0 Å². The van der Waals surface area contributed by atoms with Crippen molar-refractivity contribution < 1.29 is 4.39 Å². The SMILES string of the molecule is CN(Cc1ccccn1)c1ccc(F)cc1. The van der Waals surface area contributed by atoms with E-state index >= 15 is 0 Å². The Morgan fingerprint density at radius 1 is 1.12 bits per heavy atom. The molecule has 1 aromatic carbocycles. The van der Waals surface area contributed by atoms with Gasteiger partial charge in [0.1, 0.15) is 5.82 Å². The summed E-state index contributed by atoms with van der Waals surface area (Å²) in [6, 6.07) is 12.3. The van der Waals surface area contributed by atoms with Crippen molar-refractivity contribution in [3.05, 3.63) is 60.2 Å². The standard InChI is InChI=1S/C13H13FN2/c1-16(10-12-4-2-3-9-15-12)13-7-5-11(14)6-8-13/h2-9H,10H2,1H3. The van der Waals surface area contributed by atoms with Crippen molar-refractivity contribution in [1.29, 1.82) is 0 Å². The maximum absolute atomic E-state index is 12.7. The summed E-state index contributed by atoms with van der Waals surface area (Å²) < 4.78 is 12.7. The van der Waals surface area contributed by atoms with Crippen LogP contribution in [-0.2, 0) is 6.54 Å². The van der Waals surface area contributed by atoms with Crippen LogP contribution in [0, 0.1) is 5.82 Å². The van der Waals surface area contributed by atoms with Crippen LogP contribution < -0.4 is 4.90 Å². The smallest absolute Gasteiger partial charge is 0.123 e. The van der Waals surface area contributed by atoms with Gasteiger partial charge in [-0.3, -0.25) is 4.98 Å². The predicted octanol–water partition coefficient (Wildman–Crippen LogP) is 2.86. The summed E-state index contributed by atoms with van der Waals surface area (Å²) >= 11 is 0. The molecule has 2 nitrogen and oxygen atoms in total. The number of nitrogens with zero attached hydrogens (tertiary/aromatic N) is 2. The molecule has 0 aliphatic rings. The van der Waals surface area contributed by atoms with Crippen LogP contribution in [0.3, 0.4) is 0 Å². The predicted molar refractivity (Wildman–Crippen MR) is 62.7 cm³/mol. The highest BCUT2D eigenvalue weighted by Crippen LogP contribution is 2.14. The van der Waals surface area contributed by atoms with Gasteiger partial charge in [-0.1, -0.05) is 6.07 Å². The molecule has 0 aliphatic carbocycles. The van der Waals surface area contributed by atoms with E-state index in [1.807, 2.05) is 30.1 Å². The van der Waals surface area contributed by atoms with Crippen LogP contribution in [0.15, 0.2) is 48.7 Å². The minimum Gasteiger partial charge on any atom is -0.369 e. The molecule has 2 aromatic rings. The van der Waals surface area contributed by atoms with Crippen LogP contribution in [0.25, 0.3) is 0 Å². The normalized spacial score (nSPS) is 10.1. The highest BCUT2D eigenvalue weighted by Gasteiger charge is 2.02. The van der Waals surface area contributed by atoms with E-state index in [2.05, 4.69) is 4.98 Å². The van der Waals surface area contributed by atoms with Crippen LogP contribution in [-0.4, -0.2) is 12.0 Å². The van der Waals surface area contributed by atoms with Gasteiger partial charge in [0.05, 0.1) is 12.2 Å². The highest BCUT2D eigenvalue weighted by molar-refractivity contribution is 5.45. The minimum atomic E-state index is -0.213. The lowest BCUT2D eigenvalue weighted by atomic mass is 10.2. The zero-order valence-corrected chi connectivity index (χ0v) is 9.10. The van der Waals surface area contributed by atoms with E-state index in [-0.39, 0.29) is 5.82 Å². The topological polar surface area (TPSA) is 16.1 Å². The molecule has 0 atom stereocenters. The molecule has 0 fully saturated rings. The second-order valence-electron chi connectivity index (χ2n) is 3.65. The number of hydrogen-bond acceptors (Lipinski definition) is 2. The largest absolute Gasteiger partial charge is 0.369 e. The first-order valence-corrected chi connectivity index (χ1v) is 5.12. The van der Waals surface area contributed by atoms with Crippen molar-refractivity contribution in [3.63, 3.8) is 0 Å². The first-order chi connectivity index (χ1) is 7.75. The Balaban J connectivity index is 2.09. The Morgan fingerprint density at radius 3 is 2.50 bits per heavy atom. The van der Waals surface area contributed by atoms with Crippen molar-refractivity contribution in [3.8, 4) is 0 Å². The second kappa shape index (κ2) is 4.75. The molecule has 82 valence electrons. The molecule has 0 spiro atoms. The van der Waals surface area contributed by atoms with Crippen LogP contribution in [0.2, 0.25) is 0 Å². The summed E-state index contributed by atoms with van der Waals surface area (Å²) in [6.45, 7) is 0.715. The lowest BCUT2D eigenvalue weighted by molar-refractivity contribution is 0.627. The molecule has 1 heterocycles. The highest BCUT2D eigenvalue weighted by atomic mass is 19.1. The van der Waals surface area contributed by atoms with Crippen molar-refractivity contribution >= 4 is 5.69 Å². The third kappa shape index (κ3) is 2.57. The summed E-state index contributed by atoms with van der Waals surface area (Å²) in [6.07, 6.45) is 1.77. The lowest BCUT2D eigenvalue weighted by Crippen LogP contribution is -2.16. The summed E-state index contributed by atoms with van der Waals surface area (Å²) in [7, 11) is 1.96. The molecule has 0 radical (unpaired) electrons. The third-order valence-electron chi connectivity index (χ3n) is 2.39.